The zero-order valence-electron chi connectivity index (χ0n) is 15.7. The number of anilines is 1. The quantitative estimate of drug-likeness (QED) is 0.586. The number of hydrogen-bond acceptors (Lipinski definition) is 2. The highest BCUT2D eigenvalue weighted by atomic mass is 19.1. The zero-order chi connectivity index (χ0) is 20.5. The first-order chi connectivity index (χ1) is 14.0. The Balaban J connectivity index is 1.82. The molecule has 0 saturated carbocycles. The number of carbonyl (C=O) groups is 2. The van der Waals surface area contributed by atoms with E-state index in [0.29, 0.717) is 23.1 Å². The van der Waals surface area contributed by atoms with E-state index in [2.05, 4.69) is 0 Å². The van der Waals surface area contributed by atoms with Gasteiger partial charge in [-0.25, -0.2) is 8.78 Å². The van der Waals surface area contributed by atoms with E-state index in [1.54, 1.807) is 18.2 Å². The smallest absolute Gasteiger partial charge is 0.259 e. The molecular weight excluding hydrogens is 372 g/mol. The Bertz CT molecular complexity index is 1130. The van der Waals surface area contributed by atoms with E-state index in [9.17, 15) is 18.4 Å². The monoisotopic (exact) mass is 389 g/mol. The van der Waals surface area contributed by atoms with Gasteiger partial charge in [-0.1, -0.05) is 42.0 Å². The van der Waals surface area contributed by atoms with Crippen LogP contribution in [0.2, 0.25) is 0 Å². The number of nitrogens with zero attached hydrogens (tertiary/aromatic N) is 1. The fourth-order valence-electron chi connectivity index (χ4n) is 3.47. The van der Waals surface area contributed by atoms with Crippen molar-refractivity contribution >= 4 is 29.0 Å². The molecule has 3 aromatic rings. The molecule has 29 heavy (non-hydrogen) atoms. The molecule has 0 fully saturated rings. The number of rotatable bonds is 4. The topological polar surface area (TPSA) is 37.4 Å². The van der Waals surface area contributed by atoms with Crippen LogP contribution in [0.5, 0.6) is 0 Å². The minimum absolute atomic E-state index is 0.0640. The molecule has 0 saturated heterocycles. The van der Waals surface area contributed by atoms with Gasteiger partial charge in [-0.2, -0.15) is 0 Å². The Labute approximate surface area is 166 Å². The maximum Gasteiger partial charge on any atom is 0.259 e. The Morgan fingerprint density at radius 1 is 0.897 bits per heavy atom. The molecule has 0 aromatic heterocycles. The highest BCUT2D eigenvalue weighted by molar-refractivity contribution is 6.36. The summed E-state index contributed by atoms with van der Waals surface area (Å²) in [4.78, 5) is 25.6. The average molecular weight is 389 g/mol. The highest BCUT2D eigenvalue weighted by Gasteiger charge is 2.33. The molecule has 144 valence electrons. The third-order valence-corrected chi connectivity index (χ3v) is 5.03. The van der Waals surface area contributed by atoms with Crippen molar-refractivity contribution in [1.29, 1.82) is 0 Å². The number of benzene rings is 3. The Morgan fingerprint density at radius 3 is 2.17 bits per heavy atom. The van der Waals surface area contributed by atoms with Crippen LogP contribution in [-0.4, -0.2) is 18.7 Å². The molecule has 1 aliphatic heterocycles. The molecule has 0 spiro atoms. The van der Waals surface area contributed by atoms with Crippen molar-refractivity contribution in [1.82, 2.24) is 0 Å². The summed E-state index contributed by atoms with van der Waals surface area (Å²) in [6.45, 7) is 2.22. The minimum Gasteiger partial charge on any atom is -0.304 e. The van der Waals surface area contributed by atoms with E-state index in [4.69, 9.17) is 0 Å². The first kappa shape index (κ1) is 18.7. The zero-order valence-corrected chi connectivity index (χ0v) is 15.7. The summed E-state index contributed by atoms with van der Waals surface area (Å²) in [6.07, 6.45) is 0.435. The van der Waals surface area contributed by atoms with Crippen LogP contribution in [0, 0.1) is 18.6 Å². The first-order valence-corrected chi connectivity index (χ1v) is 9.10. The average Bonchev–Trinajstić information content (AvgIpc) is 3.06. The molecule has 5 heteroatoms. The van der Waals surface area contributed by atoms with Gasteiger partial charge in [0.25, 0.3) is 5.91 Å². The van der Waals surface area contributed by atoms with Gasteiger partial charge in [0.1, 0.15) is 11.6 Å². The maximum atomic E-state index is 14.1. The summed E-state index contributed by atoms with van der Waals surface area (Å²) in [5.41, 5.74) is 4.08. The van der Waals surface area contributed by atoms with Crippen LogP contribution in [0.25, 0.3) is 11.1 Å². The number of hydrogen-bond donors (Lipinski definition) is 0. The van der Waals surface area contributed by atoms with Gasteiger partial charge in [-0.3, -0.25) is 9.59 Å². The van der Waals surface area contributed by atoms with Gasteiger partial charge in [0.05, 0.1) is 17.7 Å². The third kappa shape index (κ3) is 3.47. The fourth-order valence-corrected chi connectivity index (χ4v) is 3.47. The number of halogens is 2. The van der Waals surface area contributed by atoms with Crippen LogP contribution in [0.4, 0.5) is 14.5 Å². The summed E-state index contributed by atoms with van der Waals surface area (Å²) >= 11 is 0. The summed E-state index contributed by atoms with van der Waals surface area (Å²) in [5.74, 6) is -1.37. The molecule has 3 aromatic carbocycles. The van der Waals surface area contributed by atoms with Crippen LogP contribution < -0.4 is 4.90 Å². The van der Waals surface area contributed by atoms with Crippen molar-refractivity contribution in [2.75, 3.05) is 11.4 Å². The Kier molecular flexibility index (Phi) is 4.80. The normalized spacial score (nSPS) is 13.9. The van der Waals surface area contributed by atoms with Crippen molar-refractivity contribution in [3.05, 3.63) is 101 Å². The lowest BCUT2D eigenvalue weighted by Gasteiger charge is -2.17. The summed E-state index contributed by atoms with van der Waals surface area (Å²) < 4.78 is 27.5. The molecule has 0 unspecified atom stereocenters. The molecule has 1 amide bonds. The molecule has 3 nitrogen and oxygen atoms in total. The SMILES string of the molecule is Cc1ccc(C2=C(c3ccc(F)cc3)C(=O)N(c3ccc(C=O)c(F)c3)C2)cc1. The van der Waals surface area contributed by atoms with Gasteiger partial charge in [0, 0.05) is 5.69 Å². The lowest BCUT2D eigenvalue weighted by atomic mass is 9.96. The van der Waals surface area contributed by atoms with Gasteiger partial charge >= 0.3 is 0 Å². The summed E-state index contributed by atoms with van der Waals surface area (Å²) in [7, 11) is 0. The second-order valence-corrected chi connectivity index (χ2v) is 6.94. The largest absolute Gasteiger partial charge is 0.304 e. The molecule has 0 bridgehead atoms. The Hall–Kier alpha value is -3.60. The van der Waals surface area contributed by atoms with Crippen molar-refractivity contribution in [3.63, 3.8) is 0 Å². The van der Waals surface area contributed by atoms with E-state index >= 15 is 0 Å². The van der Waals surface area contributed by atoms with E-state index in [0.717, 1.165) is 16.7 Å². The van der Waals surface area contributed by atoms with Gasteiger partial charge < -0.3 is 4.90 Å². The molecule has 1 aliphatic rings. The van der Waals surface area contributed by atoms with Crippen LogP contribution in [0.15, 0.2) is 66.7 Å². The van der Waals surface area contributed by atoms with Crippen LogP contribution in [0.3, 0.4) is 0 Å². The maximum absolute atomic E-state index is 14.1. The molecule has 1 heterocycles. The van der Waals surface area contributed by atoms with Crippen molar-refractivity contribution in [2.24, 2.45) is 0 Å². The molecular formula is C24H17F2NO2. The van der Waals surface area contributed by atoms with Crippen LogP contribution in [0.1, 0.15) is 27.0 Å². The molecule has 0 radical (unpaired) electrons. The molecule has 0 atom stereocenters. The minimum atomic E-state index is -0.683. The van der Waals surface area contributed by atoms with Crippen LogP contribution in [-0.2, 0) is 4.79 Å². The lowest BCUT2D eigenvalue weighted by molar-refractivity contribution is -0.112. The van der Waals surface area contributed by atoms with Gasteiger partial charge in [-0.05, 0) is 54.0 Å². The molecule has 0 N–H and O–H groups in total. The van der Waals surface area contributed by atoms with E-state index in [1.807, 2.05) is 31.2 Å². The van der Waals surface area contributed by atoms with Gasteiger partial charge in [0.2, 0.25) is 0 Å². The van der Waals surface area contributed by atoms with Crippen molar-refractivity contribution < 1.29 is 18.4 Å². The number of aldehydes is 1. The lowest BCUT2D eigenvalue weighted by Crippen LogP contribution is -2.26. The summed E-state index contributed by atoms with van der Waals surface area (Å²) in [6, 6.07) is 17.6. The first-order valence-electron chi connectivity index (χ1n) is 9.10. The van der Waals surface area contributed by atoms with E-state index < -0.39 is 5.82 Å². The van der Waals surface area contributed by atoms with E-state index in [-0.39, 0.29) is 23.8 Å². The fraction of sp³-hybridized carbons (Fsp3) is 0.0833. The number of aryl methyl sites for hydroxylation is 1. The number of carbonyl (C=O) groups excluding carboxylic acids is 2. The predicted molar refractivity (Wildman–Crippen MR) is 109 cm³/mol. The number of amides is 1. The second kappa shape index (κ2) is 7.43. The van der Waals surface area contributed by atoms with Crippen molar-refractivity contribution in [3.8, 4) is 0 Å². The second-order valence-electron chi connectivity index (χ2n) is 6.94. The van der Waals surface area contributed by atoms with Crippen LogP contribution >= 0.6 is 0 Å². The van der Waals surface area contributed by atoms with Gasteiger partial charge in [0.15, 0.2) is 6.29 Å². The van der Waals surface area contributed by atoms with Crippen molar-refractivity contribution in [2.45, 2.75) is 6.92 Å². The molecule has 0 aliphatic carbocycles. The highest BCUT2D eigenvalue weighted by Crippen LogP contribution is 2.37. The Morgan fingerprint density at radius 2 is 1.55 bits per heavy atom. The third-order valence-electron chi connectivity index (χ3n) is 5.03. The summed E-state index contributed by atoms with van der Waals surface area (Å²) in [5, 5.41) is 0. The predicted octanol–water partition coefficient (Wildman–Crippen LogP) is 5.04. The van der Waals surface area contributed by atoms with Gasteiger partial charge in [-0.15, -0.1) is 0 Å². The van der Waals surface area contributed by atoms with E-state index in [1.165, 1.54) is 29.2 Å². The molecule has 4 rings (SSSR count). The standard InChI is InChI=1S/C24H17F2NO2/c1-15-2-4-16(5-3-15)21-13-27(20-11-8-18(14-28)22(26)12-20)24(29)23(21)17-6-9-19(25)10-7-17/h2-12,14H,13H2,1H3.